The second kappa shape index (κ2) is 6.37. The Labute approximate surface area is 114 Å². The molecule has 19 heavy (non-hydrogen) atoms. The molecule has 2 N–H and O–H groups in total. The van der Waals surface area contributed by atoms with Crippen LogP contribution in [-0.4, -0.2) is 36.2 Å². The van der Waals surface area contributed by atoms with E-state index in [1.165, 1.54) is 0 Å². The standard InChI is InChI=1S/C14H25NO4/c1-9(2)19-8-6-5-7-15-12(16)10-11(13(17)18)14(10,3)4/h9-11H,5-8H2,1-4H3,(H,15,16)(H,17,18)/t10-,11+/m1/s1. The van der Waals surface area contributed by atoms with E-state index in [-0.39, 0.29) is 12.0 Å². The maximum atomic E-state index is 11.9. The lowest BCUT2D eigenvalue weighted by molar-refractivity contribution is -0.140. The highest BCUT2D eigenvalue weighted by atomic mass is 16.5. The number of amides is 1. The van der Waals surface area contributed by atoms with Crippen molar-refractivity contribution < 1.29 is 19.4 Å². The van der Waals surface area contributed by atoms with Gasteiger partial charge in [0.15, 0.2) is 0 Å². The Bertz CT molecular complexity index is 338. The quantitative estimate of drug-likeness (QED) is 0.658. The number of rotatable bonds is 8. The molecule has 1 aliphatic carbocycles. The van der Waals surface area contributed by atoms with Gasteiger partial charge in [-0.05, 0) is 32.1 Å². The van der Waals surface area contributed by atoms with Crippen LogP contribution in [-0.2, 0) is 14.3 Å². The molecular weight excluding hydrogens is 246 g/mol. The van der Waals surface area contributed by atoms with Crippen LogP contribution in [0.2, 0.25) is 0 Å². The first kappa shape index (κ1) is 16.0. The Morgan fingerprint density at radius 1 is 1.26 bits per heavy atom. The Morgan fingerprint density at radius 2 is 1.89 bits per heavy atom. The molecule has 0 saturated heterocycles. The molecule has 5 heteroatoms. The molecule has 0 aromatic carbocycles. The van der Waals surface area contributed by atoms with Crippen molar-refractivity contribution in [2.24, 2.45) is 17.3 Å². The average molecular weight is 271 g/mol. The highest BCUT2D eigenvalue weighted by molar-refractivity contribution is 5.91. The number of nitrogens with one attached hydrogen (secondary N) is 1. The molecule has 2 atom stereocenters. The van der Waals surface area contributed by atoms with Gasteiger partial charge in [-0.1, -0.05) is 13.8 Å². The first-order valence-corrected chi connectivity index (χ1v) is 6.90. The van der Waals surface area contributed by atoms with Crippen LogP contribution in [0.5, 0.6) is 0 Å². The number of carboxylic acid groups (broad SMARTS) is 1. The maximum absolute atomic E-state index is 11.9. The van der Waals surface area contributed by atoms with Gasteiger partial charge >= 0.3 is 5.97 Å². The second-order valence-electron chi connectivity index (χ2n) is 6.03. The molecule has 110 valence electrons. The van der Waals surface area contributed by atoms with Crippen LogP contribution in [0.1, 0.15) is 40.5 Å². The third-order valence-electron chi connectivity index (χ3n) is 3.70. The molecule has 1 rings (SSSR count). The lowest BCUT2D eigenvalue weighted by atomic mass is 10.1. The second-order valence-corrected chi connectivity index (χ2v) is 6.03. The number of carbonyl (C=O) groups excluding carboxylic acids is 1. The Balaban J connectivity index is 2.18. The summed E-state index contributed by atoms with van der Waals surface area (Å²) in [4.78, 5) is 22.8. The van der Waals surface area contributed by atoms with E-state index in [9.17, 15) is 9.59 Å². The molecule has 0 aromatic heterocycles. The predicted molar refractivity (Wildman–Crippen MR) is 71.7 cm³/mol. The van der Waals surface area contributed by atoms with Crippen molar-refractivity contribution in [2.75, 3.05) is 13.2 Å². The summed E-state index contributed by atoms with van der Waals surface area (Å²) < 4.78 is 5.40. The van der Waals surface area contributed by atoms with Crippen LogP contribution >= 0.6 is 0 Å². The van der Waals surface area contributed by atoms with Crippen LogP contribution in [0.25, 0.3) is 0 Å². The minimum atomic E-state index is -0.879. The summed E-state index contributed by atoms with van der Waals surface area (Å²) >= 11 is 0. The summed E-state index contributed by atoms with van der Waals surface area (Å²) in [5.74, 6) is -1.95. The zero-order valence-electron chi connectivity index (χ0n) is 12.2. The first-order chi connectivity index (χ1) is 8.78. The van der Waals surface area contributed by atoms with Gasteiger partial charge in [0.2, 0.25) is 5.91 Å². The SMILES string of the molecule is CC(C)OCCCCNC(=O)[C@H]1[C@@H](C(=O)O)C1(C)C. The van der Waals surface area contributed by atoms with Gasteiger partial charge < -0.3 is 15.2 Å². The molecule has 0 aliphatic heterocycles. The number of unbranched alkanes of at least 4 members (excludes halogenated alkanes) is 1. The molecule has 0 aromatic rings. The number of aliphatic carboxylic acids is 1. The van der Waals surface area contributed by atoms with Gasteiger partial charge in [0, 0.05) is 13.2 Å². The Kier molecular flexibility index (Phi) is 5.35. The van der Waals surface area contributed by atoms with Crippen molar-refractivity contribution in [1.29, 1.82) is 0 Å². The van der Waals surface area contributed by atoms with Gasteiger partial charge in [-0.3, -0.25) is 9.59 Å². The molecule has 0 heterocycles. The van der Waals surface area contributed by atoms with Crippen molar-refractivity contribution in [3.8, 4) is 0 Å². The van der Waals surface area contributed by atoms with Crippen LogP contribution in [0.15, 0.2) is 0 Å². The molecular formula is C14H25NO4. The molecule has 1 aliphatic rings. The normalized spacial score (nSPS) is 24.3. The lowest BCUT2D eigenvalue weighted by Crippen LogP contribution is -2.28. The van der Waals surface area contributed by atoms with Gasteiger partial charge in [-0.2, -0.15) is 0 Å². The topological polar surface area (TPSA) is 75.6 Å². The van der Waals surface area contributed by atoms with Crippen LogP contribution in [0, 0.1) is 17.3 Å². The van der Waals surface area contributed by atoms with E-state index in [2.05, 4.69) is 5.32 Å². The average Bonchev–Trinajstić information content (AvgIpc) is 2.86. The fraction of sp³-hybridized carbons (Fsp3) is 0.857. The first-order valence-electron chi connectivity index (χ1n) is 6.90. The van der Waals surface area contributed by atoms with Gasteiger partial charge in [0.25, 0.3) is 0 Å². The zero-order valence-corrected chi connectivity index (χ0v) is 12.2. The third-order valence-corrected chi connectivity index (χ3v) is 3.70. The van der Waals surface area contributed by atoms with E-state index >= 15 is 0 Å². The van der Waals surface area contributed by atoms with Gasteiger partial charge in [-0.15, -0.1) is 0 Å². The van der Waals surface area contributed by atoms with Gasteiger partial charge in [0.05, 0.1) is 17.9 Å². The highest BCUT2D eigenvalue weighted by Gasteiger charge is 2.65. The van der Waals surface area contributed by atoms with Crippen LogP contribution in [0.3, 0.4) is 0 Å². The van der Waals surface area contributed by atoms with Crippen LogP contribution < -0.4 is 5.32 Å². The zero-order chi connectivity index (χ0) is 14.6. The molecule has 1 saturated carbocycles. The number of hydrogen-bond donors (Lipinski definition) is 2. The number of carbonyl (C=O) groups is 2. The van der Waals surface area contributed by atoms with E-state index in [0.29, 0.717) is 13.2 Å². The van der Waals surface area contributed by atoms with Gasteiger partial charge in [0.1, 0.15) is 0 Å². The number of hydrogen-bond acceptors (Lipinski definition) is 3. The Morgan fingerprint density at radius 3 is 2.37 bits per heavy atom. The van der Waals surface area contributed by atoms with E-state index in [1.807, 2.05) is 27.7 Å². The van der Waals surface area contributed by atoms with E-state index in [4.69, 9.17) is 9.84 Å². The molecule has 0 unspecified atom stereocenters. The van der Waals surface area contributed by atoms with Crippen molar-refractivity contribution in [3.05, 3.63) is 0 Å². The van der Waals surface area contributed by atoms with E-state index in [0.717, 1.165) is 12.8 Å². The van der Waals surface area contributed by atoms with E-state index < -0.39 is 23.2 Å². The summed E-state index contributed by atoms with van der Waals surface area (Å²) in [7, 11) is 0. The largest absolute Gasteiger partial charge is 0.481 e. The molecule has 1 fully saturated rings. The smallest absolute Gasteiger partial charge is 0.307 e. The predicted octanol–water partition coefficient (Wildman–Crippen LogP) is 1.66. The molecule has 5 nitrogen and oxygen atoms in total. The number of carboxylic acids is 1. The summed E-state index contributed by atoms with van der Waals surface area (Å²) in [5.41, 5.74) is -0.420. The fourth-order valence-electron chi connectivity index (χ4n) is 2.46. The van der Waals surface area contributed by atoms with Crippen molar-refractivity contribution in [2.45, 2.75) is 46.6 Å². The summed E-state index contributed by atoms with van der Waals surface area (Å²) in [6.07, 6.45) is 1.98. The molecule has 0 spiro atoms. The van der Waals surface area contributed by atoms with Gasteiger partial charge in [-0.25, -0.2) is 0 Å². The minimum absolute atomic E-state index is 0.137. The monoisotopic (exact) mass is 271 g/mol. The third kappa shape index (κ3) is 4.20. The minimum Gasteiger partial charge on any atom is -0.481 e. The number of ether oxygens (including phenoxy) is 1. The fourth-order valence-corrected chi connectivity index (χ4v) is 2.46. The van der Waals surface area contributed by atoms with E-state index in [1.54, 1.807) is 0 Å². The highest BCUT2D eigenvalue weighted by Crippen LogP contribution is 2.58. The Hall–Kier alpha value is -1.10. The summed E-state index contributed by atoms with van der Waals surface area (Å²) in [5, 5.41) is 11.8. The van der Waals surface area contributed by atoms with Crippen LogP contribution in [0.4, 0.5) is 0 Å². The lowest BCUT2D eigenvalue weighted by Gasteiger charge is -2.08. The van der Waals surface area contributed by atoms with Crippen molar-refractivity contribution in [3.63, 3.8) is 0 Å². The maximum Gasteiger partial charge on any atom is 0.307 e. The molecule has 1 amide bonds. The molecule has 0 bridgehead atoms. The summed E-state index contributed by atoms with van der Waals surface area (Å²) in [6.45, 7) is 8.91. The molecule has 0 radical (unpaired) electrons. The summed E-state index contributed by atoms with van der Waals surface area (Å²) in [6, 6.07) is 0. The van der Waals surface area contributed by atoms with Crippen molar-refractivity contribution in [1.82, 2.24) is 5.32 Å². The van der Waals surface area contributed by atoms with Crippen molar-refractivity contribution >= 4 is 11.9 Å².